The van der Waals surface area contributed by atoms with Crippen LogP contribution < -0.4 is 0 Å². The minimum atomic E-state index is 0.0359. The summed E-state index contributed by atoms with van der Waals surface area (Å²) in [5, 5.41) is 0. The minimum Gasteiger partial charge on any atom is -0.299 e. The molecule has 0 N–H and O–H groups in total. The van der Waals surface area contributed by atoms with Gasteiger partial charge in [-0.2, -0.15) is 0 Å². The molecule has 4 rings (SSSR count). The fourth-order valence-electron chi connectivity index (χ4n) is 4.92. The van der Waals surface area contributed by atoms with Crippen LogP contribution in [-0.2, 0) is 4.79 Å². The highest BCUT2D eigenvalue weighted by Gasteiger charge is 2.77. The topological polar surface area (TPSA) is 17.1 Å². The van der Waals surface area contributed by atoms with E-state index >= 15 is 0 Å². The summed E-state index contributed by atoms with van der Waals surface area (Å²) in [6, 6.07) is 10.7. The Morgan fingerprint density at radius 2 is 1.88 bits per heavy atom. The van der Waals surface area contributed by atoms with Gasteiger partial charge in [0, 0.05) is 17.3 Å². The average Bonchev–Trinajstić information content (AvgIpc) is 2.91. The Morgan fingerprint density at radius 3 is 2.65 bits per heavy atom. The van der Waals surface area contributed by atoms with Gasteiger partial charge in [0.1, 0.15) is 5.78 Å². The van der Waals surface area contributed by atoms with Gasteiger partial charge in [-0.25, -0.2) is 0 Å². The molecule has 0 saturated heterocycles. The number of benzene rings is 1. The van der Waals surface area contributed by atoms with Gasteiger partial charge in [0.05, 0.1) is 0 Å². The second kappa shape index (κ2) is 2.82. The lowest BCUT2D eigenvalue weighted by molar-refractivity contribution is -0.127. The SMILES string of the molecule is C[C@]12CCC[C@]3(C1)[C@@H](C2=O)[C@@H]3c1ccccc1. The summed E-state index contributed by atoms with van der Waals surface area (Å²) in [4.78, 5) is 12.5. The van der Waals surface area contributed by atoms with Crippen LogP contribution in [0.5, 0.6) is 0 Å². The van der Waals surface area contributed by atoms with E-state index in [0.717, 1.165) is 12.8 Å². The molecule has 88 valence electrons. The zero-order chi connectivity index (χ0) is 11.7. The van der Waals surface area contributed by atoms with Crippen LogP contribution in [-0.4, -0.2) is 5.78 Å². The van der Waals surface area contributed by atoms with Crippen LogP contribution in [0.25, 0.3) is 0 Å². The summed E-state index contributed by atoms with van der Waals surface area (Å²) in [7, 11) is 0. The van der Waals surface area contributed by atoms with Crippen molar-refractivity contribution in [3.63, 3.8) is 0 Å². The highest BCUT2D eigenvalue weighted by atomic mass is 16.1. The largest absolute Gasteiger partial charge is 0.299 e. The predicted octanol–water partition coefficient (Wildman–Crippen LogP) is 3.55. The number of ketones is 1. The molecule has 3 fully saturated rings. The Hall–Kier alpha value is -1.11. The Bertz CT molecular complexity index is 492. The van der Waals surface area contributed by atoms with E-state index < -0.39 is 0 Å². The van der Waals surface area contributed by atoms with Crippen molar-refractivity contribution >= 4 is 5.78 Å². The van der Waals surface area contributed by atoms with Gasteiger partial charge in [0.25, 0.3) is 0 Å². The van der Waals surface area contributed by atoms with E-state index in [2.05, 4.69) is 37.3 Å². The van der Waals surface area contributed by atoms with E-state index in [-0.39, 0.29) is 5.41 Å². The maximum Gasteiger partial charge on any atom is 0.143 e. The van der Waals surface area contributed by atoms with Crippen molar-refractivity contribution in [2.75, 3.05) is 0 Å². The third-order valence-corrected chi connectivity index (χ3v) is 5.59. The molecular weight excluding hydrogens is 208 g/mol. The second-order valence-electron chi connectivity index (χ2n) is 6.55. The van der Waals surface area contributed by atoms with Crippen molar-refractivity contribution < 1.29 is 4.79 Å². The van der Waals surface area contributed by atoms with Gasteiger partial charge in [-0.05, 0) is 30.2 Å². The van der Waals surface area contributed by atoms with Crippen molar-refractivity contribution in [2.24, 2.45) is 16.7 Å². The first-order chi connectivity index (χ1) is 8.17. The van der Waals surface area contributed by atoms with Gasteiger partial charge in [-0.3, -0.25) is 4.79 Å². The molecule has 1 aromatic rings. The number of rotatable bonds is 1. The Kier molecular flexibility index (Phi) is 1.64. The van der Waals surface area contributed by atoms with E-state index in [9.17, 15) is 4.79 Å². The first-order valence-corrected chi connectivity index (χ1v) is 6.77. The molecule has 4 atom stereocenters. The highest BCUT2D eigenvalue weighted by Crippen LogP contribution is 2.79. The molecule has 1 aromatic carbocycles. The molecule has 1 heteroatoms. The van der Waals surface area contributed by atoms with E-state index in [1.54, 1.807) is 0 Å². The van der Waals surface area contributed by atoms with Gasteiger partial charge in [0.15, 0.2) is 0 Å². The van der Waals surface area contributed by atoms with Crippen LogP contribution in [0.3, 0.4) is 0 Å². The van der Waals surface area contributed by atoms with Crippen molar-refractivity contribution in [3.8, 4) is 0 Å². The molecule has 0 aliphatic heterocycles. The number of carbonyl (C=O) groups excluding carboxylic acids is 1. The molecule has 1 spiro atoms. The molecule has 0 amide bonds. The van der Waals surface area contributed by atoms with E-state index in [1.165, 1.54) is 18.4 Å². The molecule has 17 heavy (non-hydrogen) atoms. The molecule has 0 radical (unpaired) electrons. The normalized spacial score (nSPS) is 46.8. The van der Waals surface area contributed by atoms with Crippen LogP contribution in [0.2, 0.25) is 0 Å². The third kappa shape index (κ3) is 1.04. The number of Topliss-reactive ketones (excluding diaryl/α,β-unsaturated/α-hetero) is 1. The minimum absolute atomic E-state index is 0.0359. The van der Waals surface area contributed by atoms with Crippen LogP contribution >= 0.6 is 0 Å². The molecular formula is C16H18O. The van der Waals surface area contributed by atoms with Gasteiger partial charge < -0.3 is 0 Å². The highest BCUT2D eigenvalue weighted by molar-refractivity contribution is 5.95. The van der Waals surface area contributed by atoms with E-state index in [1.807, 2.05) is 0 Å². The van der Waals surface area contributed by atoms with Crippen LogP contribution in [0, 0.1) is 16.7 Å². The van der Waals surface area contributed by atoms with Crippen LogP contribution in [0.4, 0.5) is 0 Å². The number of fused-ring (bicyclic) bond motifs is 1. The van der Waals surface area contributed by atoms with Crippen LogP contribution in [0.1, 0.15) is 44.1 Å². The summed E-state index contributed by atoms with van der Waals surface area (Å²) >= 11 is 0. The fourth-order valence-corrected chi connectivity index (χ4v) is 4.92. The number of carbonyl (C=O) groups is 1. The van der Waals surface area contributed by atoms with Crippen LogP contribution in [0.15, 0.2) is 30.3 Å². The van der Waals surface area contributed by atoms with Gasteiger partial charge in [-0.15, -0.1) is 0 Å². The maximum atomic E-state index is 12.5. The first kappa shape index (κ1) is 9.87. The lowest BCUT2D eigenvalue weighted by Crippen LogP contribution is -2.29. The van der Waals surface area contributed by atoms with Gasteiger partial charge in [0.2, 0.25) is 0 Å². The Labute approximate surface area is 102 Å². The summed E-state index contributed by atoms with van der Waals surface area (Å²) in [5.74, 6) is 1.48. The van der Waals surface area contributed by atoms with Crippen molar-refractivity contribution in [2.45, 2.75) is 38.5 Å². The molecule has 3 saturated carbocycles. The lowest BCUT2D eigenvalue weighted by atomic mass is 9.70. The standard InChI is InChI=1S/C16H18O/c1-15-8-5-9-16(10-15)12(13(16)14(15)17)11-6-3-2-4-7-11/h2-4,6-7,12-13H,5,8-10H2,1H3/t12-,13+,15-,16+/m0/s1. The number of hydrogen-bond donors (Lipinski definition) is 0. The van der Waals surface area contributed by atoms with Crippen molar-refractivity contribution in [1.82, 2.24) is 0 Å². The summed E-state index contributed by atoms with van der Waals surface area (Å²) in [6.07, 6.45) is 4.81. The molecule has 3 aliphatic carbocycles. The summed E-state index contributed by atoms with van der Waals surface area (Å²) < 4.78 is 0. The lowest BCUT2D eigenvalue weighted by Gasteiger charge is -2.33. The van der Waals surface area contributed by atoms with E-state index in [0.29, 0.717) is 23.0 Å². The molecule has 0 heterocycles. The van der Waals surface area contributed by atoms with Gasteiger partial charge >= 0.3 is 0 Å². The molecule has 0 unspecified atom stereocenters. The zero-order valence-electron chi connectivity index (χ0n) is 10.3. The number of hydrogen-bond acceptors (Lipinski definition) is 1. The smallest absolute Gasteiger partial charge is 0.143 e. The maximum absolute atomic E-state index is 12.5. The molecule has 3 aliphatic rings. The van der Waals surface area contributed by atoms with Gasteiger partial charge in [-0.1, -0.05) is 43.7 Å². The average molecular weight is 226 g/mol. The molecule has 1 nitrogen and oxygen atoms in total. The first-order valence-electron chi connectivity index (χ1n) is 6.77. The monoisotopic (exact) mass is 226 g/mol. The Morgan fingerprint density at radius 1 is 1.12 bits per heavy atom. The van der Waals surface area contributed by atoms with E-state index in [4.69, 9.17) is 0 Å². The quantitative estimate of drug-likeness (QED) is 0.715. The molecule has 0 aromatic heterocycles. The predicted molar refractivity (Wildman–Crippen MR) is 66.7 cm³/mol. The Balaban J connectivity index is 1.75. The summed E-state index contributed by atoms with van der Waals surface area (Å²) in [5.41, 5.74) is 1.80. The van der Waals surface area contributed by atoms with Crippen molar-refractivity contribution in [1.29, 1.82) is 0 Å². The molecule has 2 bridgehead atoms. The van der Waals surface area contributed by atoms with Crippen molar-refractivity contribution in [3.05, 3.63) is 35.9 Å². The fraction of sp³-hybridized carbons (Fsp3) is 0.562. The second-order valence-corrected chi connectivity index (χ2v) is 6.55. The zero-order valence-corrected chi connectivity index (χ0v) is 10.3. The third-order valence-electron chi connectivity index (χ3n) is 5.59. The summed E-state index contributed by atoms with van der Waals surface area (Å²) in [6.45, 7) is 2.20.